The van der Waals surface area contributed by atoms with Gasteiger partial charge in [0.15, 0.2) is 0 Å². The Labute approximate surface area is 115 Å². The Morgan fingerprint density at radius 3 is 2.37 bits per heavy atom. The van der Waals surface area contributed by atoms with Gasteiger partial charge in [-0.05, 0) is 53.1 Å². The molecule has 0 radical (unpaired) electrons. The van der Waals surface area contributed by atoms with Gasteiger partial charge in [-0.3, -0.25) is 14.5 Å². The van der Waals surface area contributed by atoms with E-state index in [9.17, 15) is 9.59 Å². The number of likely N-dealkylation sites (tertiary alicyclic amines) is 1. The highest BCUT2D eigenvalue weighted by Crippen LogP contribution is 2.22. The first kappa shape index (κ1) is 16.0. The first-order valence-electron chi connectivity index (χ1n) is 7.13. The fourth-order valence-electron chi connectivity index (χ4n) is 2.80. The summed E-state index contributed by atoms with van der Waals surface area (Å²) in [7, 11) is 1.87. The predicted molar refractivity (Wildman–Crippen MR) is 74.0 cm³/mol. The molecule has 0 aliphatic carbocycles. The van der Waals surface area contributed by atoms with E-state index in [1.165, 1.54) is 6.42 Å². The zero-order valence-electron chi connectivity index (χ0n) is 12.3. The van der Waals surface area contributed by atoms with Gasteiger partial charge in [-0.1, -0.05) is 0 Å². The van der Waals surface area contributed by atoms with Crippen LogP contribution >= 0.6 is 0 Å². The molecule has 1 heterocycles. The van der Waals surface area contributed by atoms with Crippen molar-refractivity contribution in [3.8, 4) is 0 Å². The number of carboxylic acids is 1. The largest absolute Gasteiger partial charge is 0.481 e. The molecule has 0 spiro atoms. The van der Waals surface area contributed by atoms with Gasteiger partial charge < -0.3 is 10.0 Å². The lowest BCUT2D eigenvalue weighted by atomic mass is 9.97. The molecule has 0 bridgehead atoms. The monoisotopic (exact) mass is 270 g/mol. The van der Waals surface area contributed by atoms with Gasteiger partial charge in [0.05, 0.1) is 6.54 Å². The molecule has 0 saturated carbocycles. The number of nitrogens with zero attached hydrogens (tertiary/aromatic N) is 2. The molecule has 1 rings (SSSR count). The molecule has 1 fully saturated rings. The molecule has 19 heavy (non-hydrogen) atoms. The smallest absolute Gasteiger partial charge is 0.303 e. The number of carboxylic acid groups (broad SMARTS) is 1. The van der Waals surface area contributed by atoms with Gasteiger partial charge in [-0.2, -0.15) is 0 Å². The summed E-state index contributed by atoms with van der Waals surface area (Å²) in [4.78, 5) is 26.7. The van der Waals surface area contributed by atoms with Crippen molar-refractivity contribution in [1.29, 1.82) is 0 Å². The number of carbonyl (C=O) groups is 2. The summed E-state index contributed by atoms with van der Waals surface area (Å²) < 4.78 is 0. The maximum atomic E-state index is 12.3. The second-order valence-corrected chi connectivity index (χ2v) is 5.67. The highest BCUT2D eigenvalue weighted by molar-refractivity contribution is 5.79. The third kappa shape index (κ3) is 5.19. The second-order valence-electron chi connectivity index (χ2n) is 5.67. The van der Waals surface area contributed by atoms with Gasteiger partial charge >= 0.3 is 5.97 Å². The number of piperidine rings is 1. The van der Waals surface area contributed by atoms with Gasteiger partial charge in [0.2, 0.25) is 5.91 Å². The minimum absolute atomic E-state index is 0.162. The topological polar surface area (TPSA) is 60.9 Å². The summed E-state index contributed by atoms with van der Waals surface area (Å²) in [5.41, 5.74) is 0. The van der Waals surface area contributed by atoms with E-state index in [4.69, 9.17) is 5.11 Å². The van der Waals surface area contributed by atoms with Gasteiger partial charge in [0.25, 0.3) is 0 Å². The fraction of sp³-hybridized carbons (Fsp3) is 0.857. The van der Waals surface area contributed by atoms with Crippen molar-refractivity contribution in [1.82, 2.24) is 9.80 Å². The van der Waals surface area contributed by atoms with Crippen LogP contribution in [0.1, 0.15) is 46.0 Å². The molecule has 0 aromatic heterocycles. The number of rotatable bonds is 6. The summed E-state index contributed by atoms with van der Waals surface area (Å²) in [5.74, 6) is -0.615. The van der Waals surface area contributed by atoms with E-state index in [0.29, 0.717) is 31.6 Å². The summed E-state index contributed by atoms with van der Waals surface area (Å²) in [6, 6.07) is 0.646. The third-order valence-electron chi connectivity index (χ3n) is 3.82. The van der Waals surface area contributed by atoms with Crippen LogP contribution < -0.4 is 0 Å². The number of hydrogen-bond donors (Lipinski definition) is 1. The molecule has 1 amide bonds. The highest BCUT2D eigenvalue weighted by Gasteiger charge is 2.28. The van der Waals surface area contributed by atoms with Crippen molar-refractivity contribution < 1.29 is 14.7 Å². The summed E-state index contributed by atoms with van der Waals surface area (Å²) in [6.45, 7) is 5.25. The zero-order chi connectivity index (χ0) is 14.4. The predicted octanol–water partition coefficient (Wildman–Crippen LogP) is 1.57. The van der Waals surface area contributed by atoms with Crippen molar-refractivity contribution in [3.05, 3.63) is 0 Å². The van der Waals surface area contributed by atoms with Gasteiger partial charge in [-0.25, -0.2) is 0 Å². The zero-order valence-corrected chi connectivity index (χ0v) is 12.3. The van der Waals surface area contributed by atoms with Crippen LogP contribution in [0.5, 0.6) is 0 Å². The Kier molecular flexibility index (Phi) is 6.28. The highest BCUT2D eigenvalue weighted by atomic mass is 16.4. The molecule has 5 heteroatoms. The van der Waals surface area contributed by atoms with E-state index >= 15 is 0 Å². The number of hydrogen-bond acceptors (Lipinski definition) is 3. The summed E-state index contributed by atoms with van der Waals surface area (Å²) >= 11 is 0. The van der Waals surface area contributed by atoms with Crippen molar-refractivity contribution in [2.75, 3.05) is 20.1 Å². The SMILES string of the molecule is CC1CCCC(C)N1C(=O)CN(C)CCCC(=O)O. The number of carbonyl (C=O) groups excluding carboxylic acids is 1. The van der Waals surface area contributed by atoms with E-state index in [1.54, 1.807) is 0 Å². The van der Waals surface area contributed by atoms with Crippen molar-refractivity contribution in [2.45, 2.75) is 58.0 Å². The van der Waals surface area contributed by atoms with Crippen molar-refractivity contribution in [2.24, 2.45) is 0 Å². The third-order valence-corrected chi connectivity index (χ3v) is 3.82. The Bertz CT molecular complexity index is 310. The van der Waals surface area contributed by atoms with Crippen LogP contribution in [0.4, 0.5) is 0 Å². The Morgan fingerprint density at radius 1 is 1.26 bits per heavy atom. The van der Waals surface area contributed by atoms with Gasteiger partial charge in [0, 0.05) is 18.5 Å². The average Bonchev–Trinajstić information content (AvgIpc) is 2.27. The molecule has 0 aromatic rings. The lowest BCUT2D eigenvalue weighted by molar-refractivity contribution is -0.138. The molecule has 2 unspecified atom stereocenters. The quantitative estimate of drug-likeness (QED) is 0.796. The van der Waals surface area contributed by atoms with Crippen LogP contribution in [-0.4, -0.2) is 59.0 Å². The number of aliphatic carboxylic acids is 1. The molecule has 5 nitrogen and oxygen atoms in total. The minimum Gasteiger partial charge on any atom is -0.481 e. The maximum Gasteiger partial charge on any atom is 0.303 e. The van der Waals surface area contributed by atoms with E-state index in [0.717, 1.165) is 12.8 Å². The van der Waals surface area contributed by atoms with Crippen LogP contribution in [0, 0.1) is 0 Å². The lowest BCUT2D eigenvalue weighted by Crippen LogP contribution is -2.50. The van der Waals surface area contributed by atoms with Crippen LogP contribution in [-0.2, 0) is 9.59 Å². The van der Waals surface area contributed by atoms with Crippen LogP contribution in [0.2, 0.25) is 0 Å². The molecule has 1 aliphatic rings. The molecule has 1 N–H and O–H groups in total. The maximum absolute atomic E-state index is 12.3. The Morgan fingerprint density at radius 2 is 1.84 bits per heavy atom. The van der Waals surface area contributed by atoms with Crippen molar-refractivity contribution in [3.63, 3.8) is 0 Å². The first-order valence-corrected chi connectivity index (χ1v) is 7.13. The normalized spacial score (nSPS) is 23.7. The molecule has 1 aliphatic heterocycles. The summed E-state index contributed by atoms with van der Waals surface area (Å²) in [5, 5.41) is 8.59. The van der Waals surface area contributed by atoms with Crippen molar-refractivity contribution >= 4 is 11.9 Å². The van der Waals surface area contributed by atoms with Crippen LogP contribution in [0.15, 0.2) is 0 Å². The van der Waals surface area contributed by atoms with E-state index < -0.39 is 5.97 Å². The van der Waals surface area contributed by atoms with Gasteiger partial charge in [-0.15, -0.1) is 0 Å². The molecular weight excluding hydrogens is 244 g/mol. The number of likely N-dealkylation sites (N-methyl/N-ethyl adjacent to an activating group) is 1. The summed E-state index contributed by atoms with van der Waals surface area (Å²) in [6.07, 6.45) is 4.11. The second kappa shape index (κ2) is 7.48. The van der Waals surface area contributed by atoms with Crippen LogP contribution in [0.25, 0.3) is 0 Å². The standard InChI is InChI=1S/C14H26N2O3/c1-11-6-4-7-12(2)16(11)13(17)10-15(3)9-5-8-14(18)19/h11-12H,4-10H2,1-3H3,(H,18,19). The molecular formula is C14H26N2O3. The fourth-order valence-corrected chi connectivity index (χ4v) is 2.80. The van der Waals surface area contributed by atoms with Gasteiger partial charge in [0.1, 0.15) is 0 Å². The van der Waals surface area contributed by atoms with E-state index in [1.807, 2.05) is 16.8 Å². The number of amides is 1. The van der Waals surface area contributed by atoms with Crippen LogP contribution in [0.3, 0.4) is 0 Å². The van der Waals surface area contributed by atoms with E-state index in [-0.39, 0.29) is 12.3 Å². The minimum atomic E-state index is -0.780. The molecule has 2 atom stereocenters. The Balaban J connectivity index is 2.38. The van der Waals surface area contributed by atoms with E-state index in [2.05, 4.69) is 13.8 Å². The lowest BCUT2D eigenvalue weighted by Gasteiger charge is -2.39. The average molecular weight is 270 g/mol. The Hall–Kier alpha value is -1.10. The molecule has 0 aromatic carbocycles. The molecule has 110 valence electrons. The first-order chi connectivity index (χ1) is 8.91. The molecule has 1 saturated heterocycles.